The van der Waals surface area contributed by atoms with Crippen LogP contribution in [0, 0.1) is 5.92 Å². The minimum atomic E-state index is -0.0416. The number of likely N-dealkylation sites (tertiary alicyclic amines) is 1. The fourth-order valence-corrected chi connectivity index (χ4v) is 4.41. The highest BCUT2D eigenvalue weighted by atomic mass is 16.5. The molecular formula is C23H33N5O3. The van der Waals surface area contributed by atoms with E-state index in [4.69, 9.17) is 9.26 Å². The molecule has 31 heavy (non-hydrogen) atoms. The van der Waals surface area contributed by atoms with E-state index in [0.29, 0.717) is 18.4 Å². The van der Waals surface area contributed by atoms with Gasteiger partial charge in [-0.1, -0.05) is 11.6 Å². The molecule has 1 aromatic carbocycles. The van der Waals surface area contributed by atoms with Crippen molar-refractivity contribution in [1.29, 1.82) is 0 Å². The third-order valence-corrected chi connectivity index (χ3v) is 6.23. The molecule has 0 saturated carbocycles. The predicted molar refractivity (Wildman–Crippen MR) is 119 cm³/mol. The molecule has 8 nitrogen and oxygen atoms in total. The van der Waals surface area contributed by atoms with Crippen molar-refractivity contribution in [3.05, 3.63) is 24.3 Å². The van der Waals surface area contributed by atoms with Crippen molar-refractivity contribution in [2.45, 2.75) is 38.5 Å². The predicted octanol–water partition coefficient (Wildman–Crippen LogP) is 2.95. The molecule has 0 radical (unpaired) electrons. The monoisotopic (exact) mass is 427 g/mol. The van der Waals surface area contributed by atoms with Crippen LogP contribution in [0.5, 0.6) is 5.75 Å². The number of methoxy groups -OCH3 is 1. The second-order valence-corrected chi connectivity index (χ2v) is 8.46. The fourth-order valence-electron chi connectivity index (χ4n) is 4.41. The first-order valence-electron chi connectivity index (χ1n) is 11.5. The van der Waals surface area contributed by atoms with Crippen LogP contribution in [0.15, 0.2) is 28.8 Å². The van der Waals surface area contributed by atoms with Gasteiger partial charge in [-0.3, -0.25) is 4.79 Å². The first-order chi connectivity index (χ1) is 15.2. The summed E-state index contributed by atoms with van der Waals surface area (Å²) < 4.78 is 10.7. The zero-order valence-corrected chi connectivity index (χ0v) is 18.4. The lowest BCUT2D eigenvalue weighted by atomic mass is 9.97. The van der Waals surface area contributed by atoms with Crippen LogP contribution in [0.25, 0.3) is 11.4 Å². The molecule has 2 saturated heterocycles. The maximum absolute atomic E-state index is 12.7. The van der Waals surface area contributed by atoms with Crippen molar-refractivity contribution < 1.29 is 14.1 Å². The van der Waals surface area contributed by atoms with E-state index in [9.17, 15) is 4.79 Å². The molecule has 168 valence electrons. The maximum Gasteiger partial charge on any atom is 0.324 e. The normalized spacial score (nSPS) is 19.9. The Labute approximate surface area is 183 Å². The molecule has 0 spiro atoms. The third kappa shape index (κ3) is 5.76. The smallest absolute Gasteiger partial charge is 0.324 e. The summed E-state index contributed by atoms with van der Waals surface area (Å²) in [6.45, 7) is 5.66. The van der Waals surface area contributed by atoms with Gasteiger partial charge in [-0.25, -0.2) is 0 Å². The van der Waals surface area contributed by atoms with E-state index in [1.807, 2.05) is 29.2 Å². The number of piperidine rings is 2. The Morgan fingerprint density at radius 3 is 2.74 bits per heavy atom. The number of anilines is 1. The van der Waals surface area contributed by atoms with Crippen LogP contribution in [-0.4, -0.2) is 67.3 Å². The summed E-state index contributed by atoms with van der Waals surface area (Å²) in [6.07, 6.45) is 6.81. The Morgan fingerprint density at radius 1 is 1.16 bits per heavy atom. The van der Waals surface area contributed by atoms with Crippen molar-refractivity contribution in [2.24, 2.45) is 5.92 Å². The van der Waals surface area contributed by atoms with Crippen LogP contribution in [0.4, 0.5) is 6.01 Å². The zero-order valence-electron chi connectivity index (χ0n) is 18.4. The van der Waals surface area contributed by atoms with E-state index in [1.54, 1.807) is 7.11 Å². The molecule has 2 fully saturated rings. The molecule has 0 bridgehead atoms. The highest BCUT2D eigenvalue weighted by Gasteiger charge is 2.28. The molecule has 0 aliphatic carbocycles. The minimum absolute atomic E-state index is 0.0416. The molecule has 8 heteroatoms. The Balaban J connectivity index is 1.26. The Bertz CT molecular complexity index is 832. The molecule has 2 aromatic rings. The van der Waals surface area contributed by atoms with Crippen molar-refractivity contribution in [3.63, 3.8) is 0 Å². The van der Waals surface area contributed by atoms with Crippen LogP contribution in [-0.2, 0) is 4.79 Å². The summed E-state index contributed by atoms with van der Waals surface area (Å²) in [6, 6.07) is 8.04. The number of rotatable bonds is 8. The van der Waals surface area contributed by atoms with E-state index in [-0.39, 0.29) is 11.8 Å². The number of hydrogen-bond acceptors (Lipinski definition) is 7. The summed E-state index contributed by atoms with van der Waals surface area (Å²) in [5.41, 5.74) is 0.871. The average molecular weight is 428 g/mol. The van der Waals surface area contributed by atoms with Crippen LogP contribution in [0.3, 0.4) is 0 Å². The van der Waals surface area contributed by atoms with Gasteiger partial charge < -0.3 is 24.4 Å². The highest BCUT2D eigenvalue weighted by Crippen LogP contribution is 2.26. The van der Waals surface area contributed by atoms with E-state index in [1.165, 1.54) is 32.4 Å². The number of nitrogens with zero attached hydrogens (tertiary/aromatic N) is 4. The van der Waals surface area contributed by atoms with Crippen LogP contribution in [0.1, 0.15) is 38.5 Å². The van der Waals surface area contributed by atoms with Gasteiger partial charge in [0.2, 0.25) is 11.7 Å². The number of carbonyl (C=O) groups is 1. The quantitative estimate of drug-likeness (QED) is 0.649. The number of benzene rings is 1. The lowest BCUT2D eigenvalue weighted by Gasteiger charge is -2.30. The first kappa shape index (κ1) is 21.6. The SMILES string of the molecule is COc1ccc(-c2noc(N3CCC[C@@H](C(=O)NCCCN4CCCCC4)C3)n2)cc1. The second kappa shape index (κ2) is 10.6. The van der Waals surface area contributed by atoms with Gasteiger partial charge in [0.1, 0.15) is 5.75 Å². The number of hydrogen-bond donors (Lipinski definition) is 1. The number of aromatic nitrogens is 2. The zero-order chi connectivity index (χ0) is 21.5. The van der Waals surface area contributed by atoms with E-state index >= 15 is 0 Å². The lowest BCUT2D eigenvalue weighted by Crippen LogP contribution is -2.43. The van der Waals surface area contributed by atoms with Gasteiger partial charge in [0, 0.05) is 25.2 Å². The van der Waals surface area contributed by atoms with Gasteiger partial charge in [-0.2, -0.15) is 4.98 Å². The first-order valence-corrected chi connectivity index (χ1v) is 11.5. The summed E-state index contributed by atoms with van der Waals surface area (Å²) in [7, 11) is 1.64. The molecule has 1 N–H and O–H groups in total. The van der Waals surface area contributed by atoms with Gasteiger partial charge in [-0.05, 0) is 76.0 Å². The molecule has 1 amide bonds. The molecule has 4 rings (SSSR count). The van der Waals surface area contributed by atoms with Crippen molar-refractivity contribution in [2.75, 3.05) is 51.3 Å². The van der Waals surface area contributed by atoms with Crippen molar-refractivity contribution >= 4 is 11.9 Å². The molecule has 2 aliphatic heterocycles. The van der Waals surface area contributed by atoms with Crippen molar-refractivity contribution in [1.82, 2.24) is 20.4 Å². The van der Waals surface area contributed by atoms with Gasteiger partial charge in [0.15, 0.2) is 0 Å². The Morgan fingerprint density at radius 2 is 1.97 bits per heavy atom. The number of carbonyl (C=O) groups excluding carboxylic acids is 1. The third-order valence-electron chi connectivity index (χ3n) is 6.23. The summed E-state index contributed by atoms with van der Waals surface area (Å²) in [5.74, 6) is 1.42. The van der Waals surface area contributed by atoms with Crippen molar-refractivity contribution in [3.8, 4) is 17.1 Å². The van der Waals surface area contributed by atoms with Gasteiger partial charge in [-0.15, -0.1) is 0 Å². The summed E-state index contributed by atoms with van der Waals surface area (Å²) >= 11 is 0. The maximum atomic E-state index is 12.7. The molecule has 3 heterocycles. The van der Waals surface area contributed by atoms with Gasteiger partial charge >= 0.3 is 6.01 Å². The van der Waals surface area contributed by atoms with Crippen LogP contribution in [0.2, 0.25) is 0 Å². The molecular weight excluding hydrogens is 394 g/mol. The van der Waals surface area contributed by atoms with Crippen LogP contribution >= 0.6 is 0 Å². The summed E-state index contributed by atoms with van der Waals surface area (Å²) in [5, 5.41) is 7.25. The van der Waals surface area contributed by atoms with E-state index in [2.05, 4.69) is 20.4 Å². The lowest BCUT2D eigenvalue weighted by molar-refractivity contribution is -0.125. The Kier molecular flexibility index (Phi) is 7.40. The average Bonchev–Trinajstić information content (AvgIpc) is 3.33. The van der Waals surface area contributed by atoms with E-state index in [0.717, 1.165) is 50.2 Å². The van der Waals surface area contributed by atoms with E-state index < -0.39 is 0 Å². The molecule has 1 atom stereocenters. The largest absolute Gasteiger partial charge is 0.497 e. The topological polar surface area (TPSA) is 83.7 Å². The Hall–Kier alpha value is -2.61. The molecule has 2 aliphatic rings. The fraction of sp³-hybridized carbons (Fsp3) is 0.609. The highest BCUT2D eigenvalue weighted by molar-refractivity contribution is 5.79. The molecule has 0 unspecified atom stereocenters. The second-order valence-electron chi connectivity index (χ2n) is 8.46. The standard InChI is InChI=1S/C23H33N5O3/c1-30-20-10-8-18(9-11-20)21-25-23(31-26-21)28-16-5-7-19(17-28)22(29)24-12-6-15-27-13-3-2-4-14-27/h8-11,19H,2-7,12-17H2,1H3,(H,24,29)/t19-/m1/s1. The summed E-state index contributed by atoms with van der Waals surface area (Å²) in [4.78, 5) is 21.8. The van der Waals surface area contributed by atoms with Gasteiger partial charge in [0.25, 0.3) is 0 Å². The number of nitrogens with one attached hydrogen (secondary N) is 1. The minimum Gasteiger partial charge on any atom is -0.497 e. The van der Waals surface area contributed by atoms with Gasteiger partial charge in [0.05, 0.1) is 13.0 Å². The van der Waals surface area contributed by atoms with Crippen LogP contribution < -0.4 is 15.0 Å². The molecule has 1 aromatic heterocycles. The number of ether oxygens (including phenoxy) is 1. The number of amides is 1.